The van der Waals surface area contributed by atoms with Crippen molar-refractivity contribution in [3.8, 4) is 0 Å². The Kier molecular flexibility index (Phi) is 5.07. The zero-order valence-corrected chi connectivity index (χ0v) is 13.5. The smallest absolute Gasteiger partial charge is 0.0533 e. The summed E-state index contributed by atoms with van der Waals surface area (Å²) in [7, 11) is 1.93. The van der Waals surface area contributed by atoms with Crippen molar-refractivity contribution in [2.45, 2.75) is 29.5 Å². The molecule has 2 unspecified atom stereocenters. The Hall–Kier alpha value is -0.780. The normalized spacial score (nSPS) is 14.3. The van der Waals surface area contributed by atoms with Gasteiger partial charge in [0.2, 0.25) is 0 Å². The van der Waals surface area contributed by atoms with E-state index < -0.39 is 0 Å². The lowest BCUT2D eigenvalue weighted by Crippen LogP contribution is -2.25. The lowest BCUT2D eigenvalue weighted by Gasteiger charge is -2.21. The van der Waals surface area contributed by atoms with Crippen LogP contribution in [-0.4, -0.2) is 15.8 Å². The van der Waals surface area contributed by atoms with Gasteiger partial charge in [0.25, 0.3) is 0 Å². The van der Waals surface area contributed by atoms with E-state index in [2.05, 4.69) is 40.1 Å². The Morgan fingerprint density at radius 2 is 2.26 bits per heavy atom. The van der Waals surface area contributed by atoms with Gasteiger partial charge in [0.1, 0.15) is 0 Å². The van der Waals surface area contributed by atoms with Crippen LogP contribution in [-0.2, 0) is 7.05 Å². The van der Waals surface area contributed by atoms with Crippen molar-refractivity contribution < 1.29 is 0 Å². The molecule has 0 bridgehead atoms. The lowest BCUT2D eigenvalue weighted by molar-refractivity contribution is 0.633. The largest absolute Gasteiger partial charge is 0.326 e. The number of nitrogens with zero attached hydrogens (tertiary/aromatic N) is 2. The van der Waals surface area contributed by atoms with Gasteiger partial charge in [0, 0.05) is 34.2 Å². The summed E-state index contributed by atoms with van der Waals surface area (Å²) in [6.45, 7) is 2.12. The van der Waals surface area contributed by atoms with Gasteiger partial charge < -0.3 is 5.73 Å². The number of hydrogen-bond donors (Lipinski definition) is 1. The third-order valence-electron chi connectivity index (χ3n) is 2.97. The maximum Gasteiger partial charge on any atom is 0.0533 e. The molecule has 2 atom stereocenters. The van der Waals surface area contributed by atoms with Crippen LogP contribution in [0, 0.1) is 0 Å². The fourth-order valence-corrected chi connectivity index (χ4v) is 3.71. The molecule has 0 fully saturated rings. The van der Waals surface area contributed by atoms with Gasteiger partial charge in [-0.25, -0.2) is 0 Å². The summed E-state index contributed by atoms with van der Waals surface area (Å²) in [6, 6.07) is 8.43. The third-order valence-corrected chi connectivity index (χ3v) is 4.87. The van der Waals surface area contributed by atoms with E-state index in [9.17, 15) is 0 Å². The fourth-order valence-electron chi connectivity index (χ4n) is 1.89. The van der Waals surface area contributed by atoms with Crippen LogP contribution in [0.5, 0.6) is 0 Å². The van der Waals surface area contributed by atoms with Gasteiger partial charge in [-0.15, -0.1) is 11.8 Å². The predicted molar refractivity (Wildman–Crippen MR) is 84.2 cm³/mol. The van der Waals surface area contributed by atoms with Crippen LogP contribution in [0.3, 0.4) is 0 Å². The molecule has 0 amide bonds. The molecule has 2 rings (SSSR count). The molecule has 1 heterocycles. The second kappa shape index (κ2) is 6.59. The number of hydrogen-bond acceptors (Lipinski definition) is 3. The number of rotatable bonds is 5. The first-order valence-corrected chi connectivity index (χ1v) is 7.93. The molecule has 0 saturated carbocycles. The van der Waals surface area contributed by atoms with Crippen molar-refractivity contribution in [3.05, 3.63) is 46.7 Å². The number of thioether (sulfide) groups is 1. The summed E-state index contributed by atoms with van der Waals surface area (Å²) < 4.78 is 2.92. The highest BCUT2D eigenvalue weighted by molar-refractivity contribution is 9.10. The predicted octanol–water partition coefficient (Wildman–Crippen LogP) is 3.75. The first kappa shape index (κ1) is 14.6. The van der Waals surface area contributed by atoms with E-state index >= 15 is 0 Å². The molecule has 5 heteroatoms. The van der Waals surface area contributed by atoms with Crippen LogP contribution in [0.15, 0.2) is 46.0 Å². The van der Waals surface area contributed by atoms with Crippen molar-refractivity contribution in [2.75, 3.05) is 0 Å². The summed E-state index contributed by atoms with van der Waals surface area (Å²) in [5.41, 5.74) is 7.46. The maximum absolute atomic E-state index is 6.27. The van der Waals surface area contributed by atoms with E-state index in [4.69, 9.17) is 5.73 Å². The minimum atomic E-state index is 0.119. The van der Waals surface area contributed by atoms with Crippen molar-refractivity contribution in [2.24, 2.45) is 12.8 Å². The number of halogens is 1. The first-order chi connectivity index (χ1) is 9.10. The molecule has 1 aromatic heterocycles. The summed E-state index contributed by atoms with van der Waals surface area (Å²) in [5, 5.41) is 4.48. The molecule has 3 nitrogen and oxygen atoms in total. The van der Waals surface area contributed by atoms with Crippen LogP contribution >= 0.6 is 27.7 Å². The SMILES string of the molecule is CCC(N)C(Sc1cccc(Br)c1)c1cnn(C)c1. The van der Waals surface area contributed by atoms with Crippen LogP contribution in [0.1, 0.15) is 24.2 Å². The summed E-state index contributed by atoms with van der Waals surface area (Å²) in [6.07, 6.45) is 4.90. The topological polar surface area (TPSA) is 43.8 Å². The van der Waals surface area contributed by atoms with Crippen molar-refractivity contribution in [3.63, 3.8) is 0 Å². The van der Waals surface area contributed by atoms with Gasteiger partial charge in [0.05, 0.1) is 11.4 Å². The van der Waals surface area contributed by atoms with Crippen LogP contribution in [0.2, 0.25) is 0 Å². The highest BCUT2D eigenvalue weighted by Gasteiger charge is 2.21. The zero-order chi connectivity index (χ0) is 13.8. The Balaban J connectivity index is 2.24. The first-order valence-electron chi connectivity index (χ1n) is 6.26. The van der Waals surface area contributed by atoms with E-state index in [-0.39, 0.29) is 11.3 Å². The molecule has 0 aliphatic rings. The van der Waals surface area contributed by atoms with Crippen molar-refractivity contribution >= 4 is 27.7 Å². The second-order valence-corrected chi connectivity index (χ2v) is 6.65. The van der Waals surface area contributed by atoms with Gasteiger partial charge in [-0.1, -0.05) is 28.9 Å². The van der Waals surface area contributed by atoms with Gasteiger partial charge >= 0.3 is 0 Å². The average molecular weight is 340 g/mol. The molecule has 1 aromatic carbocycles. The monoisotopic (exact) mass is 339 g/mol. The molecular weight excluding hydrogens is 322 g/mol. The van der Waals surface area contributed by atoms with Gasteiger partial charge in [-0.3, -0.25) is 4.68 Å². The van der Waals surface area contributed by atoms with E-state index in [0.29, 0.717) is 0 Å². The number of aryl methyl sites for hydroxylation is 1. The molecule has 0 saturated heterocycles. The minimum absolute atomic E-state index is 0.119. The average Bonchev–Trinajstić information content (AvgIpc) is 2.81. The van der Waals surface area contributed by atoms with Crippen LogP contribution < -0.4 is 5.73 Å². The Labute approximate surface area is 126 Å². The highest BCUT2D eigenvalue weighted by Crippen LogP contribution is 2.38. The van der Waals surface area contributed by atoms with Gasteiger partial charge in [-0.2, -0.15) is 5.10 Å². The summed E-state index contributed by atoms with van der Waals surface area (Å²) >= 11 is 5.30. The highest BCUT2D eigenvalue weighted by atomic mass is 79.9. The molecular formula is C14H18BrN3S. The van der Waals surface area contributed by atoms with Crippen molar-refractivity contribution in [1.29, 1.82) is 0 Å². The molecule has 2 N–H and O–H groups in total. The minimum Gasteiger partial charge on any atom is -0.326 e. The van der Waals surface area contributed by atoms with Crippen LogP contribution in [0.4, 0.5) is 0 Å². The fraction of sp³-hybridized carbons (Fsp3) is 0.357. The third kappa shape index (κ3) is 3.84. The summed E-state index contributed by atoms with van der Waals surface area (Å²) in [4.78, 5) is 1.21. The Morgan fingerprint density at radius 3 is 2.84 bits per heavy atom. The number of aromatic nitrogens is 2. The Bertz CT molecular complexity index is 541. The summed E-state index contributed by atoms with van der Waals surface area (Å²) in [5.74, 6) is 0. The molecule has 0 spiro atoms. The van der Waals surface area contributed by atoms with E-state index in [1.54, 1.807) is 11.8 Å². The second-order valence-electron chi connectivity index (χ2n) is 4.52. The molecule has 2 aromatic rings. The van der Waals surface area contributed by atoms with Gasteiger partial charge in [0.15, 0.2) is 0 Å². The van der Waals surface area contributed by atoms with E-state index in [1.807, 2.05) is 36.3 Å². The van der Waals surface area contributed by atoms with Gasteiger partial charge in [-0.05, 0) is 24.6 Å². The Morgan fingerprint density at radius 1 is 1.47 bits per heavy atom. The molecule has 102 valence electrons. The van der Waals surface area contributed by atoms with Crippen LogP contribution in [0.25, 0.3) is 0 Å². The quantitative estimate of drug-likeness (QED) is 0.843. The standard InChI is InChI=1S/C14H18BrN3S/c1-3-13(16)14(10-8-17-18(2)9-10)19-12-6-4-5-11(15)7-12/h4-9,13-14H,3,16H2,1-2H3. The van der Waals surface area contributed by atoms with E-state index in [1.165, 1.54) is 10.5 Å². The van der Waals surface area contributed by atoms with Crippen molar-refractivity contribution in [1.82, 2.24) is 9.78 Å². The lowest BCUT2D eigenvalue weighted by atomic mass is 10.1. The van der Waals surface area contributed by atoms with E-state index in [0.717, 1.165) is 10.9 Å². The number of benzene rings is 1. The zero-order valence-electron chi connectivity index (χ0n) is 11.1. The molecule has 0 aliphatic carbocycles. The number of nitrogens with two attached hydrogens (primary N) is 1. The maximum atomic E-state index is 6.27. The molecule has 0 aliphatic heterocycles. The molecule has 0 radical (unpaired) electrons. The molecule has 19 heavy (non-hydrogen) atoms.